The minimum absolute atomic E-state index is 0.215. The molecule has 0 aliphatic heterocycles. The summed E-state index contributed by atoms with van der Waals surface area (Å²) < 4.78 is 18.3. The van der Waals surface area contributed by atoms with E-state index in [4.69, 9.17) is 9.84 Å². The molecular weight excluding hydrogens is 285 g/mol. The van der Waals surface area contributed by atoms with Gasteiger partial charge in [0.1, 0.15) is 5.82 Å². The summed E-state index contributed by atoms with van der Waals surface area (Å²) in [7, 11) is 1.60. The largest absolute Gasteiger partial charge is 0.392 e. The monoisotopic (exact) mass is 303 g/mol. The molecule has 0 fully saturated rings. The zero-order chi connectivity index (χ0) is 15.9. The summed E-state index contributed by atoms with van der Waals surface area (Å²) in [5.74, 6) is -0.669. The van der Waals surface area contributed by atoms with Gasteiger partial charge in [-0.15, -0.1) is 0 Å². The molecule has 0 atom stereocenters. The van der Waals surface area contributed by atoms with Crippen LogP contribution in [0.5, 0.6) is 0 Å². The third-order valence-electron chi connectivity index (χ3n) is 3.23. The van der Waals surface area contributed by atoms with E-state index < -0.39 is 5.82 Å². The molecule has 2 aromatic rings. The first kappa shape index (κ1) is 16.1. The summed E-state index contributed by atoms with van der Waals surface area (Å²) in [6, 6.07) is 11.6. The molecule has 0 spiro atoms. The van der Waals surface area contributed by atoms with E-state index in [1.54, 1.807) is 31.4 Å². The van der Waals surface area contributed by atoms with Gasteiger partial charge in [-0.05, 0) is 35.4 Å². The van der Waals surface area contributed by atoms with E-state index in [9.17, 15) is 9.18 Å². The Bertz CT molecular complexity index is 658. The van der Waals surface area contributed by atoms with Crippen LogP contribution in [0.3, 0.4) is 0 Å². The number of nitrogens with one attached hydrogen (secondary N) is 1. The Balaban J connectivity index is 2.02. The third kappa shape index (κ3) is 4.13. The molecule has 0 heterocycles. The standard InChI is InChI=1S/C17H18FNO3/c1-22-11-13-3-2-4-14(8-13)17(21)19-9-12-5-6-16(18)15(7-12)10-20/h2-8,20H,9-11H2,1H3,(H,19,21). The number of halogens is 1. The van der Waals surface area contributed by atoms with Crippen molar-refractivity contribution in [3.63, 3.8) is 0 Å². The highest BCUT2D eigenvalue weighted by atomic mass is 19.1. The summed E-state index contributed by atoms with van der Waals surface area (Å²) in [5, 5.41) is 11.8. The van der Waals surface area contributed by atoms with Gasteiger partial charge in [-0.2, -0.15) is 0 Å². The highest BCUT2D eigenvalue weighted by molar-refractivity contribution is 5.94. The summed E-state index contributed by atoms with van der Waals surface area (Å²) in [6.07, 6.45) is 0. The van der Waals surface area contributed by atoms with Gasteiger partial charge in [0, 0.05) is 24.8 Å². The lowest BCUT2D eigenvalue weighted by atomic mass is 10.1. The van der Waals surface area contributed by atoms with Gasteiger partial charge in [-0.3, -0.25) is 4.79 Å². The van der Waals surface area contributed by atoms with Crippen molar-refractivity contribution < 1.29 is 19.0 Å². The Morgan fingerprint density at radius 2 is 2.05 bits per heavy atom. The summed E-state index contributed by atoms with van der Waals surface area (Å²) >= 11 is 0. The average Bonchev–Trinajstić information content (AvgIpc) is 2.54. The van der Waals surface area contributed by atoms with Crippen LogP contribution in [-0.4, -0.2) is 18.1 Å². The molecule has 0 aromatic heterocycles. The molecular formula is C17H18FNO3. The van der Waals surface area contributed by atoms with Gasteiger partial charge in [0.05, 0.1) is 13.2 Å². The van der Waals surface area contributed by atoms with E-state index in [0.29, 0.717) is 12.2 Å². The van der Waals surface area contributed by atoms with Crippen molar-refractivity contribution in [1.29, 1.82) is 0 Å². The Morgan fingerprint density at radius 1 is 1.23 bits per heavy atom. The van der Waals surface area contributed by atoms with Crippen LogP contribution >= 0.6 is 0 Å². The summed E-state index contributed by atoms with van der Waals surface area (Å²) in [5.41, 5.74) is 2.40. The number of ether oxygens (including phenoxy) is 1. The highest BCUT2D eigenvalue weighted by Crippen LogP contribution is 2.11. The van der Waals surface area contributed by atoms with Gasteiger partial charge >= 0.3 is 0 Å². The lowest BCUT2D eigenvalue weighted by Crippen LogP contribution is -2.23. The first-order chi connectivity index (χ1) is 10.6. The number of benzene rings is 2. The van der Waals surface area contributed by atoms with Crippen molar-refractivity contribution in [3.05, 3.63) is 70.5 Å². The molecule has 0 saturated carbocycles. The van der Waals surface area contributed by atoms with Crippen LogP contribution < -0.4 is 5.32 Å². The Labute approximate surface area is 128 Å². The van der Waals surface area contributed by atoms with E-state index in [1.807, 2.05) is 6.07 Å². The lowest BCUT2D eigenvalue weighted by molar-refractivity contribution is 0.0950. The quantitative estimate of drug-likeness (QED) is 0.861. The van der Waals surface area contributed by atoms with Crippen LogP contribution in [0.15, 0.2) is 42.5 Å². The molecule has 5 heteroatoms. The molecule has 0 saturated heterocycles. The molecule has 1 amide bonds. The van der Waals surface area contributed by atoms with Crippen molar-refractivity contribution >= 4 is 5.91 Å². The molecule has 4 nitrogen and oxygen atoms in total. The van der Waals surface area contributed by atoms with E-state index in [0.717, 1.165) is 11.1 Å². The van der Waals surface area contributed by atoms with E-state index in [2.05, 4.69) is 5.32 Å². The normalized spacial score (nSPS) is 10.5. The van der Waals surface area contributed by atoms with Gasteiger partial charge in [-0.1, -0.05) is 18.2 Å². The van der Waals surface area contributed by atoms with Gasteiger partial charge in [0.25, 0.3) is 5.91 Å². The van der Waals surface area contributed by atoms with Crippen molar-refractivity contribution in [1.82, 2.24) is 5.32 Å². The number of carbonyl (C=O) groups is 1. The number of methoxy groups -OCH3 is 1. The average molecular weight is 303 g/mol. The fraction of sp³-hybridized carbons (Fsp3) is 0.235. The molecule has 0 aliphatic rings. The van der Waals surface area contributed by atoms with Gasteiger partial charge in [-0.25, -0.2) is 4.39 Å². The van der Waals surface area contributed by atoms with Gasteiger partial charge < -0.3 is 15.2 Å². The molecule has 116 valence electrons. The van der Waals surface area contributed by atoms with Crippen LogP contribution in [0, 0.1) is 5.82 Å². The van der Waals surface area contributed by atoms with Crippen LogP contribution in [0.2, 0.25) is 0 Å². The molecule has 0 radical (unpaired) electrons. The number of amides is 1. The van der Waals surface area contributed by atoms with Crippen LogP contribution in [-0.2, 0) is 24.5 Å². The number of carbonyl (C=O) groups excluding carboxylic acids is 1. The molecule has 0 unspecified atom stereocenters. The summed E-state index contributed by atoms with van der Waals surface area (Å²) in [6.45, 7) is 0.340. The lowest BCUT2D eigenvalue weighted by Gasteiger charge is -2.08. The molecule has 0 bridgehead atoms. The second-order valence-electron chi connectivity index (χ2n) is 4.90. The first-order valence-electron chi connectivity index (χ1n) is 6.88. The third-order valence-corrected chi connectivity index (χ3v) is 3.23. The Morgan fingerprint density at radius 3 is 2.77 bits per heavy atom. The second kappa shape index (κ2) is 7.68. The van der Waals surface area contributed by atoms with Crippen LogP contribution in [0.1, 0.15) is 27.0 Å². The predicted molar refractivity (Wildman–Crippen MR) is 80.6 cm³/mol. The van der Waals surface area contributed by atoms with E-state index >= 15 is 0 Å². The fourth-order valence-corrected chi connectivity index (χ4v) is 2.11. The van der Waals surface area contributed by atoms with Crippen molar-refractivity contribution in [3.8, 4) is 0 Å². The molecule has 2 aromatic carbocycles. The minimum Gasteiger partial charge on any atom is -0.392 e. The van der Waals surface area contributed by atoms with Crippen LogP contribution in [0.4, 0.5) is 4.39 Å². The van der Waals surface area contributed by atoms with Crippen molar-refractivity contribution in [2.24, 2.45) is 0 Å². The van der Waals surface area contributed by atoms with Gasteiger partial charge in [0.2, 0.25) is 0 Å². The zero-order valence-electron chi connectivity index (χ0n) is 12.3. The molecule has 2 N–H and O–H groups in total. The van der Waals surface area contributed by atoms with Crippen molar-refractivity contribution in [2.45, 2.75) is 19.8 Å². The van der Waals surface area contributed by atoms with E-state index in [1.165, 1.54) is 12.1 Å². The number of rotatable bonds is 6. The van der Waals surface area contributed by atoms with Gasteiger partial charge in [0.15, 0.2) is 0 Å². The smallest absolute Gasteiger partial charge is 0.251 e. The maximum atomic E-state index is 13.3. The van der Waals surface area contributed by atoms with Crippen molar-refractivity contribution in [2.75, 3.05) is 7.11 Å². The minimum atomic E-state index is -0.454. The Hall–Kier alpha value is -2.24. The highest BCUT2D eigenvalue weighted by Gasteiger charge is 2.07. The maximum absolute atomic E-state index is 13.3. The topological polar surface area (TPSA) is 58.6 Å². The Kier molecular flexibility index (Phi) is 5.63. The predicted octanol–water partition coefficient (Wildman–Crippen LogP) is 2.39. The number of aliphatic hydroxyl groups excluding tert-OH is 1. The SMILES string of the molecule is COCc1cccc(C(=O)NCc2ccc(F)c(CO)c2)c1. The first-order valence-corrected chi connectivity index (χ1v) is 6.88. The summed E-state index contributed by atoms with van der Waals surface area (Å²) in [4.78, 5) is 12.1. The zero-order valence-corrected chi connectivity index (χ0v) is 12.3. The molecule has 22 heavy (non-hydrogen) atoms. The molecule has 2 rings (SSSR count). The fourth-order valence-electron chi connectivity index (χ4n) is 2.11. The molecule has 0 aliphatic carbocycles. The number of aliphatic hydroxyl groups is 1. The van der Waals surface area contributed by atoms with Crippen LogP contribution in [0.25, 0.3) is 0 Å². The van der Waals surface area contributed by atoms with E-state index in [-0.39, 0.29) is 24.6 Å². The number of hydrogen-bond acceptors (Lipinski definition) is 3. The maximum Gasteiger partial charge on any atom is 0.251 e. The second-order valence-corrected chi connectivity index (χ2v) is 4.90. The number of hydrogen-bond donors (Lipinski definition) is 2.